The fraction of sp³-hybridized carbons (Fsp3) is 0.214. The minimum absolute atomic E-state index is 0.191. The van der Waals surface area contributed by atoms with Gasteiger partial charge in [-0.15, -0.1) is 0 Å². The molecule has 0 atom stereocenters. The maximum absolute atomic E-state index is 13.7. The van der Waals surface area contributed by atoms with Crippen molar-refractivity contribution in [3.05, 3.63) is 48.3 Å². The number of methoxy groups -OCH3 is 1. The molecule has 3 nitrogen and oxygen atoms in total. The molecule has 0 saturated heterocycles. The van der Waals surface area contributed by atoms with E-state index in [1.165, 1.54) is 19.2 Å². The molecule has 21 heavy (non-hydrogen) atoms. The predicted octanol–water partition coefficient (Wildman–Crippen LogP) is 5.00. The minimum atomic E-state index is -0.472. The van der Waals surface area contributed by atoms with Gasteiger partial charge in [0.25, 0.3) is 0 Å². The van der Waals surface area contributed by atoms with Gasteiger partial charge in [-0.1, -0.05) is 0 Å². The zero-order valence-electron chi connectivity index (χ0n) is 11.4. The molecule has 0 fully saturated rings. The van der Waals surface area contributed by atoms with Crippen LogP contribution in [0.25, 0.3) is 0 Å². The molecule has 7 heteroatoms. The van der Waals surface area contributed by atoms with Crippen molar-refractivity contribution >= 4 is 53.6 Å². The number of ketones is 1. The standard InChI is InChI=1S/C14H11Br3FNO2/c1-6-4-7(18)5-8(13(6)21-3)12(20)11-9(15)10(16)14(17)19(11)2/h4-5H,1-3H3. The van der Waals surface area contributed by atoms with E-state index in [4.69, 9.17) is 4.74 Å². The Hall–Kier alpha value is -0.660. The number of rotatable bonds is 3. The van der Waals surface area contributed by atoms with Crippen LogP contribution in [0.15, 0.2) is 25.7 Å². The van der Waals surface area contributed by atoms with Gasteiger partial charge in [-0.05, 0) is 72.4 Å². The average Bonchev–Trinajstić information content (AvgIpc) is 2.61. The lowest BCUT2D eigenvalue weighted by atomic mass is 10.0. The van der Waals surface area contributed by atoms with Crippen LogP contribution in [-0.4, -0.2) is 17.5 Å². The number of hydrogen-bond acceptors (Lipinski definition) is 2. The van der Waals surface area contributed by atoms with E-state index in [9.17, 15) is 9.18 Å². The molecule has 0 bridgehead atoms. The Bertz CT molecular complexity index is 715. The third-order valence-electron chi connectivity index (χ3n) is 3.11. The maximum Gasteiger partial charge on any atom is 0.214 e. The smallest absolute Gasteiger partial charge is 0.214 e. The second-order valence-corrected chi connectivity index (χ2v) is 6.80. The molecule has 2 rings (SSSR count). The first-order valence-electron chi connectivity index (χ1n) is 5.87. The molecule has 0 unspecified atom stereocenters. The van der Waals surface area contributed by atoms with Crippen LogP contribution >= 0.6 is 47.8 Å². The fourth-order valence-electron chi connectivity index (χ4n) is 2.14. The average molecular weight is 484 g/mol. The number of nitrogens with zero attached hydrogens (tertiary/aromatic N) is 1. The van der Waals surface area contributed by atoms with E-state index in [2.05, 4.69) is 47.8 Å². The Morgan fingerprint density at radius 1 is 1.24 bits per heavy atom. The molecule has 0 aliphatic carbocycles. The van der Waals surface area contributed by atoms with Gasteiger partial charge in [0.05, 0.1) is 21.6 Å². The van der Waals surface area contributed by atoms with E-state index < -0.39 is 5.82 Å². The number of carbonyl (C=O) groups is 1. The van der Waals surface area contributed by atoms with Crippen molar-refractivity contribution in [1.29, 1.82) is 0 Å². The van der Waals surface area contributed by atoms with Gasteiger partial charge in [-0.2, -0.15) is 0 Å². The maximum atomic E-state index is 13.7. The Balaban J connectivity index is 2.69. The number of aryl methyl sites for hydroxylation is 1. The molecule has 0 N–H and O–H groups in total. The van der Waals surface area contributed by atoms with Gasteiger partial charge in [-0.25, -0.2) is 4.39 Å². The molecule has 2 aromatic rings. The highest BCUT2D eigenvalue weighted by Gasteiger charge is 2.26. The summed E-state index contributed by atoms with van der Waals surface area (Å²) in [5.74, 6) is -0.419. The first-order chi connectivity index (χ1) is 9.79. The van der Waals surface area contributed by atoms with Gasteiger partial charge in [0, 0.05) is 7.05 Å². The summed E-state index contributed by atoms with van der Waals surface area (Å²) in [6.07, 6.45) is 0. The predicted molar refractivity (Wildman–Crippen MR) is 89.6 cm³/mol. The van der Waals surface area contributed by atoms with Crippen molar-refractivity contribution in [3.8, 4) is 5.75 Å². The fourth-order valence-corrected chi connectivity index (χ4v) is 3.87. The topological polar surface area (TPSA) is 31.2 Å². The molecule has 0 spiro atoms. The molecule has 0 radical (unpaired) electrons. The SMILES string of the molecule is COc1c(C)cc(F)cc1C(=O)c1c(Br)c(Br)c(Br)n1C. The summed E-state index contributed by atoms with van der Waals surface area (Å²) >= 11 is 10.1. The van der Waals surface area contributed by atoms with E-state index in [0.29, 0.717) is 26.1 Å². The first kappa shape index (κ1) is 16.7. The first-order valence-corrected chi connectivity index (χ1v) is 8.25. The van der Waals surface area contributed by atoms with Crippen molar-refractivity contribution in [3.63, 3.8) is 0 Å². The van der Waals surface area contributed by atoms with Crippen LogP contribution < -0.4 is 4.74 Å². The number of ether oxygens (including phenoxy) is 1. The van der Waals surface area contributed by atoms with Crippen LogP contribution in [-0.2, 0) is 7.05 Å². The lowest BCUT2D eigenvalue weighted by Crippen LogP contribution is -2.11. The summed E-state index contributed by atoms with van der Waals surface area (Å²) in [6, 6.07) is 2.52. The molecule has 112 valence electrons. The molecule has 1 aromatic heterocycles. The largest absolute Gasteiger partial charge is 0.496 e. The minimum Gasteiger partial charge on any atom is -0.496 e. The van der Waals surface area contributed by atoms with Crippen molar-refractivity contribution in [1.82, 2.24) is 4.57 Å². The van der Waals surface area contributed by atoms with Gasteiger partial charge in [-0.3, -0.25) is 4.79 Å². The van der Waals surface area contributed by atoms with E-state index in [1.807, 2.05) is 0 Å². The highest BCUT2D eigenvalue weighted by molar-refractivity contribution is 9.14. The van der Waals surface area contributed by atoms with Gasteiger partial charge < -0.3 is 9.30 Å². The zero-order valence-corrected chi connectivity index (χ0v) is 16.2. The van der Waals surface area contributed by atoms with E-state index in [1.54, 1.807) is 18.5 Å². The van der Waals surface area contributed by atoms with Crippen LogP contribution in [0.1, 0.15) is 21.6 Å². The Morgan fingerprint density at radius 2 is 1.86 bits per heavy atom. The summed E-state index contributed by atoms with van der Waals surface area (Å²) in [5, 5.41) is 0. The van der Waals surface area contributed by atoms with Crippen LogP contribution in [0.2, 0.25) is 0 Å². The lowest BCUT2D eigenvalue weighted by molar-refractivity contribution is 0.102. The zero-order chi connectivity index (χ0) is 15.9. The number of benzene rings is 1. The normalized spacial score (nSPS) is 10.8. The van der Waals surface area contributed by atoms with Crippen LogP contribution in [0.5, 0.6) is 5.75 Å². The Labute approximate surface area is 146 Å². The van der Waals surface area contributed by atoms with Gasteiger partial charge >= 0.3 is 0 Å². The van der Waals surface area contributed by atoms with E-state index in [0.717, 1.165) is 4.47 Å². The van der Waals surface area contributed by atoms with Crippen molar-refractivity contribution in [2.45, 2.75) is 6.92 Å². The summed E-state index contributed by atoms with van der Waals surface area (Å²) < 4.78 is 22.6. The van der Waals surface area contributed by atoms with Gasteiger partial charge in [0.1, 0.15) is 21.9 Å². The molecular weight excluding hydrogens is 473 g/mol. The second-order valence-electron chi connectivity index (χ2n) is 4.46. The summed E-state index contributed by atoms with van der Waals surface area (Å²) in [4.78, 5) is 12.8. The molecular formula is C14H11Br3FNO2. The number of aromatic nitrogens is 1. The monoisotopic (exact) mass is 481 g/mol. The van der Waals surface area contributed by atoms with Gasteiger partial charge in [0.2, 0.25) is 5.78 Å². The Morgan fingerprint density at radius 3 is 2.33 bits per heavy atom. The van der Waals surface area contributed by atoms with Crippen LogP contribution in [0.4, 0.5) is 4.39 Å². The quantitative estimate of drug-likeness (QED) is 0.575. The van der Waals surface area contributed by atoms with Crippen LogP contribution in [0, 0.1) is 12.7 Å². The molecule has 1 aromatic carbocycles. The number of hydrogen-bond donors (Lipinski definition) is 0. The third kappa shape index (κ3) is 2.83. The van der Waals surface area contributed by atoms with Crippen molar-refractivity contribution < 1.29 is 13.9 Å². The molecule has 1 heterocycles. The molecule has 0 amide bonds. The van der Waals surface area contributed by atoms with Crippen molar-refractivity contribution in [2.75, 3.05) is 7.11 Å². The highest BCUT2D eigenvalue weighted by Crippen LogP contribution is 2.38. The number of halogens is 4. The molecule has 0 aliphatic heterocycles. The van der Waals surface area contributed by atoms with Crippen molar-refractivity contribution in [2.24, 2.45) is 7.05 Å². The Kier molecular flexibility index (Phi) is 4.95. The van der Waals surface area contributed by atoms with Gasteiger partial charge in [0.15, 0.2) is 0 Å². The number of carbonyl (C=O) groups excluding carboxylic acids is 1. The second kappa shape index (κ2) is 6.22. The summed E-state index contributed by atoms with van der Waals surface area (Å²) in [5.41, 5.74) is 1.16. The summed E-state index contributed by atoms with van der Waals surface area (Å²) in [7, 11) is 3.20. The summed E-state index contributed by atoms with van der Waals surface area (Å²) in [6.45, 7) is 1.70. The lowest BCUT2D eigenvalue weighted by Gasteiger charge is -2.12. The van der Waals surface area contributed by atoms with Crippen LogP contribution in [0.3, 0.4) is 0 Å². The van der Waals surface area contributed by atoms with E-state index >= 15 is 0 Å². The third-order valence-corrected chi connectivity index (χ3v) is 6.65. The molecule has 0 saturated carbocycles. The molecule has 0 aliphatic rings. The van der Waals surface area contributed by atoms with E-state index in [-0.39, 0.29) is 11.3 Å². The highest BCUT2D eigenvalue weighted by atomic mass is 79.9.